The van der Waals surface area contributed by atoms with Crippen LogP contribution in [0.3, 0.4) is 0 Å². The zero-order valence-corrected chi connectivity index (χ0v) is 11.4. The summed E-state index contributed by atoms with van der Waals surface area (Å²) in [4.78, 5) is 0. The third-order valence-electron chi connectivity index (χ3n) is 3.53. The van der Waals surface area contributed by atoms with E-state index in [1.807, 2.05) is 0 Å². The van der Waals surface area contributed by atoms with Crippen molar-refractivity contribution >= 4 is 0 Å². The summed E-state index contributed by atoms with van der Waals surface area (Å²) in [6.07, 6.45) is 0.893. The van der Waals surface area contributed by atoms with Gasteiger partial charge in [-0.3, -0.25) is 0 Å². The second-order valence-corrected chi connectivity index (χ2v) is 5.14. The third-order valence-corrected chi connectivity index (χ3v) is 3.53. The van der Waals surface area contributed by atoms with Crippen LogP contribution in [0.15, 0.2) is 42.5 Å². The molecule has 94 valence electrons. The molecule has 0 spiro atoms. The first kappa shape index (κ1) is 12.8. The van der Waals surface area contributed by atoms with Gasteiger partial charge in [-0.15, -0.1) is 0 Å². The summed E-state index contributed by atoms with van der Waals surface area (Å²) in [7, 11) is 0. The minimum Gasteiger partial charge on any atom is -0.324 e. The van der Waals surface area contributed by atoms with Crippen molar-refractivity contribution in [1.29, 1.82) is 0 Å². The molecule has 2 N–H and O–H groups in total. The standard InChI is InChI=1S/C17H21N/c1-12-4-8-16(9-5-12)17(18)11-15-7-6-13(2)14(3)10-15/h4-10,17H,11,18H2,1-3H3. The molecule has 0 radical (unpaired) electrons. The molecule has 1 atom stereocenters. The van der Waals surface area contributed by atoms with E-state index in [2.05, 4.69) is 63.2 Å². The van der Waals surface area contributed by atoms with Crippen molar-refractivity contribution in [2.24, 2.45) is 5.73 Å². The van der Waals surface area contributed by atoms with E-state index in [1.165, 1.54) is 27.8 Å². The van der Waals surface area contributed by atoms with E-state index in [1.54, 1.807) is 0 Å². The van der Waals surface area contributed by atoms with Crippen LogP contribution in [0.1, 0.15) is 33.9 Å². The van der Waals surface area contributed by atoms with Gasteiger partial charge in [0, 0.05) is 6.04 Å². The van der Waals surface area contributed by atoms with Crippen LogP contribution in [0.4, 0.5) is 0 Å². The zero-order valence-electron chi connectivity index (χ0n) is 11.4. The Morgan fingerprint density at radius 3 is 2.17 bits per heavy atom. The smallest absolute Gasteiger partial charge is 0.0335 e. The molecular weight excluding hydrogens is 218 g/mol. The maximum atomic E-state index is 6.27. The molecule has 2 aromatic carbocycles. The lowest BCUT2D eigenvalue weighted by atomic mass is 9.97. The lowest BCUT2D eigenvalue weighted by Crippen LogP contribution is -2.13. The fraction of sp³-hybridized carbons (Fsp3) is 0.294. The quantitative estimate of drug-likeness (QED) is 0.865. The molecule has 0 aromatic heterocycles. The molecule has 1 unspecified atom stereocenters. The highest BCUT2D eigenvalue weighted by Crippen LogP contribution is 2.18. The van der Waals surface area contributed by atoms with E-state index in [0.29, 0.717) is 0 Å². The van der Waals surface area contributed by atoms with Crippen molar-refractivity contribution in [3.63, 3.8) is 0 Å². The SMILES string of the molecule is Cc1ccc(C(N)Cc2ccc(C)c(C)c2)cc1. The molecule has 0 heterocycles. The predicted octanol–water partition coefficient (Wildman–Crippen LogP) is 3.85. The van der Waals surface area contributed by atoms with E-state index in [0.717, 1.165) is 6.42 Å². The highest BCUT2D eigenvalue weighted by atomic mass is 14.6. The van der Waals surface area contributed by atoms with Crippen molar-refractivity contribution in [1.82, 2.24) is 0 Å². The zero-order chi connectivity index (χ0) is 13.1. The van der Waals surface area contributed by atoms with Gasteiger partial charge in [0.25, 0.3) is 0 Å². The van der Waals surface area contributed by atoms with Crippen molar-refractivity contribution in [3.05, 3.63) is 70.3 Å². The average molecular weight is 239 g/mol. The molecule has 2 aromatic rings. The molecule has 0 fully saturated rings. The van der Waals surface area contributed by atoms with Gasteiger partial charge in [0.15, 0.2) is 0 Å². The maximum Gasteiger partial charge on any atom is 0.0335 e. The molecule has 0 saturated heterocycles. The number of hydrogen-bond donors (Lipinski definition) is 1. The van der Waals surface area contributed by atoms with Gasteiger partial charge >= 0.3 is 0 Å². The minimum absolute atomic E-state index is 0.0766. The number of nitrogens with two attached hydrogens (primary N) is 1. The van der Waals surface area contributed by atoms with E-state index >= 15 is 0 Å². The fourth-order valence-electron chi connectivity index (χ4n) is 2.12. The number of hydrogen-bond acceptors (Lipinski definition) is 1. The number of benzene rings is 2. The molecule has 2 rings (SSSR count). The van der Waals surface area contributed by atoms with Crippen LogP contribution in [0, 0.1) is 20.8 Å². The van der Waals surface area contributed by atoms with Crippen molar-refractivity contribution < 1.29 is 0 Å². The molecule has 0 saturated carbocycles. The third kappa shape index (κ3) is 2.99. The maximum absolute atomic E-state index is 6.27. The van der Waals surface area contributed by atoms with Gasteiger partial charge in [0.1, 0.15) is 0 Å². The molecule has 0 aliphatic carbocycles. The molecule has 0 aliphatic heterocycles. The van der Waals surface area contributed by atoms with Gasteiger partial charge in [-0.25, -0.2) is 0 Å². The topological polar surface area (TPSA) is 26.0 Å². The largest absolute Gasteiger partial charge is 0.324 e. The Bertz CT molecular complexity index is 526. The van der Waals surface area contributed by atoms with Crippen LogP contribution in [0.2, 0.25) is 0 Å². The monoisotopic (exact) mass is 239 g/mol. The van der Waals surface area contributed by atoms with Crippen LogP contribution in [-0.4, -0.2) is 0 Å². The first-order chi connectivity index (χ1) is 8.56. The van der Waals surface area contributed by atoms with Gasteiger partial charge in [-0.2, -0.15) is 0 Å². The van der Waals surface area contributed by atoms with Gasteiger partial charge in [0.2, 0.25) is 0 Å². The molecular formula is C17H21N. The Balaban J connectivity index is 2.13. The molecule has 1 nitrogen and oxygen atoms in total. The minimum atomic E-state index is 0.0766. The first-order valence-corrected chi connectivity index (χ1v) is 6.44. The summed E-state index contributed by atoms with van der Waals surface area (Å²) in [5.41, 5.74) is 12.7. The van der Waals surface area contributed by atoms with Crippen LogP contribution in [0.5, 0.6) is 0 Å². The molecule has 0 bridgehead atoms. The normalized spacial score (nSPS) is 12.4. The average Bonchev–Trinajstić information content (AvgIpc) is 2.34. The predicted molar refractivity (Wildman–Crippen MR) is 77.7 cm³/mol. The van der Waals surface area contributed by atoms with Gasteiger partial charge in [-0.05, 0) is 49.4 Å². The molecule has 0 amide bonds. The Hall–Kier alpha value is -1.60. The van der Waals surface area contributed by atoms with Crippen LogP contribution in [0.25, 0.3) is 0 Å². The summed E-state index contributed by atoms with van der Waals surface area (Å²) in [6.45, 7) is 6.38. The van der Waals surface area contributed by atoms with Gasteiger partial charge in [-0.1, -0.05) is 48.0 Å². The van der Waals surface area contributed by atoms with Crippen LogP contribution >= 0.6 is 0 Å². The van der Waals surface area contributed by atoms with E-state index in [4.69, 9.17) is 5.73 Å². The van der Waals surface area contributed by atoms with Crippen LogP contribution < -0.4 is 5.73 Å². The molecule has 0 aliphatic rings. The summed E-state index contributed by atoms with van der Waals surface area (Å²) in [5, 5.41) is 0. The second kappa shape index (κ2) is 5.36. The lowest BCUT2D eigenvalue weighted by molar-refractivity contribution is 0.721. The highest BCUT2D eigenvalue weighted by Gasteiger charge is 2.07. The summed E-state index contributed by atoms with van der Waals surface area (Å²) in [6, 6.07) is 15.2. The van der Waals surface area contributed by atoms with E-state index in [9.17, 15) is 0 Å². The fourth-order valence-corrected chi connectivity index (χ4v) is 2.12. The number of aryl methyl sites for hydroxylation is 3. The van der Waals surface area contributed by atoms with Crippen molar-refractivity contribution in [2.45, 2.75) is 33.2 Å². The summed E-state index contributed by atoms with van der Waals surface area (Å²) >= 11 is 0. The van der Waals surface area contributed by atoms with E-state index in [-0.39, 0.29) is 6.04 Å². The Labute approximate surface area is 110 Å². The van der Waals surface area contributed by atoms with Gasteiger partial charge in [0.05, 0.1) is 0 Å². The van der Waals surface area contributed by atoms with Crippen molar-refractivity contribution in [3.8, 4) is 0 Å². The highest BCUT2D eigenvalue weighted by molar-refractivity contribution is 5.32. The lowest BCUT2D eigenvalue weighted by Gasteiger charge is -2.13. The molecule has 18 heavy (non-hydrogen) atoms. The summed E-state index contributed by atoms with van der Waals surface area (Å²) in [5.74, 6) is 0. The van der Waals surface area contributed by atoms with Crippen molar-refractivity contribution in [2.75, 3.05) is 0 Å². The summed E-state index contributed by atoms with van der Waals surface area (Å²) < 4.78 is 0. The Morgan fingerprint density at radius 1 is 0.889 bits per heavy atom. The first-order valence-electron chi connectivity index (χ1n) is 6.44. The molecule has 1 heteroatoms. The van der Waals surface area contributed by atoms with Gasteiger partial charge < -0.3 is 5.73 Å². The second-order valence-electron chi connectivity index (χ2n) is 5.14. The van der Waals surface area contributed by atoms with Crippen LogP contribution in [-0.2, 0) is 6.42 Å². The number of rotatable bonds is 3. The Kier molecular flexibility index (Phi) is 3.83. The Morgan fingerprint density at radius 2 is 1.56 bits per heavy atom. The van der Waals surface area contributed by atoms with E-state index < -0.39 is 0 Å².